The number of nitrogens with zero attached hydrogens (tertiary/aromatic N) is 3. The molecule has 0 spiro atoms. The van der Waals surface area contributed by atoms with Crippen molar-refractivity contribution >= 4 is 24.2 Å². The Balaban J connectivity index is 2.59. The fourth-order valence-electron chi connectivity index (χ4n) is 10.9. The Morgan fingerprint density at radius 1 is 0.523 bits per heavy atom. The molecule has 2 aliphatic heterocycles. The van der Waals surface area contributed by atoms with Gasteiger partial charge in [-0.3, -0.25) is 0 Å². The Morgan fingerprint density at radius 2 is 0.923 bits per heavy atom. The zero-order chi connectivity index (χ0) is 49.1. The zero-order valence-electron chi connectivity index (χ0n) is 43.8. The monoisotopic (exact) mass is 964 g/mol. The highest BCUT2D eigenvalue weighted by atomic mass is 28.3. The van der Waals surface area contributed by atoms with Crippen molar-refractivity contribution in [3.05, 3.63) is 10.4 Å². The fraction of sp³-hybridized carbons (Fsp3) is 0.878. The first-order chi connectivity index (χ1) is 30.8. The van der Waals surface area contributed by atoms with Crippen molar-refractivity contribution in [3.8, 4) is 34.4 Å². The summed E-state index contributed by atoms with van der Waals surface area (Å²) < 4.78 is 63.7. The van der Waals surface area contributed by atoms with Crippen LogP contribution < -0.4 is 0 Å². The van der Waals surface area contributed by atoms with Gasteiger partial charge in [-0.15, -0.1) is 16.6 Å². The molecule has 13 nitrogen and oxygen atoms in total. The molecule has 0 saturated carbocycles. The Bertz CT molecular complexity index is 1590. The summed E-state index contributed by atoms with van der Waals surface area (Å²) in [6, 6.07) is 3.27. The lowest BCUT2D eigenvalue weighted by Crippen LogP contribution is -2.65. The molecular weight excluding hydrogens is 875 g/mol. The van der Waals surface area contributed by atoms with Crippen LogP contribution in [0.1, 0.15) is 104 Å². The summed E-state index contributed by atoms with van der Waals surface area (Å²) in [5.74, 6) is 10.2. The molecule has 16 heteroatoms. The van der Waals surface area contributed by atoms with Gasteiger partial charge in [0.25, 0.3) is 0 Å². The Kier molecular flexibility index (Phi) is 26.2. The summed E-state index contributed by atoms with van der Waals surface area (Å²) in [7, 11) is 0.647. The summed E-state index contributed by atoms with van der Waals surface area (Å²) in [6.45, 7) is 35.0. The Morgan fingerprint density at radius 3 is 1.31 bits per heavy atom. The van der Waals surface area contributed by atoms with Crippen molar-refractivity contribution in [2.24, 2.45) is 5.11 Å². The van der Waals surface area contributed by atoms with Gasteiger partial charge >= 0.3 is 0 Å². The third-order valence-corrected chi connectivity index (χ3v) is 32.2. The number of azide groups is 1. The molecule has 65 heavy (non-hydrogen) atoms. The average molecular weight is 965 g/mol. The number of rotatable bonds is 24. The predicted molar refractivity (Wildman–Crippen MR) is 269 cm³/mol. The number of methoxy groups -OCH3 is 4. The van der Waals surface area contributed by atoms with Crippen molar-refractivity contribution in [3.63, 3.8) is 0 Å². The van der Waals surface area contributed by atoms with Crippen molar-refractivity contribution < 1.29 is 47.4 Å². The van der Waals surface area contributed by atoms with Crippen molar-refractivity contribution in [1.29, 1.82) is 0 Å². The average Bonchev–Trinajstić information content (AvgIpc) is 3.26. The van der Waals surface area contributed by atoms with Gasteiger partial charge in [0.1, 0.15) is 92.9 Å². The highest BCUT2D eigenvalue weighted by Crippen LogP contribution is 2.42. The van der Waals surface area contributed by atoms with Gasteiger partial charge in [0, 0.05) is 33.4 Å². The van der Waals surface area contributed by atoms with Crippen LogP contribution >= 0.6 is 0 Å². The van der Waals surface area contributed by atoms with Gasteiger partial charge in [0.05, 0.1) is 13.2 Å². The largest absolute Gasteiger partial charge is 0.376 e. The minimum Gasteiger partial charge on any atom is -0.376 e. The van der Waals surface area contributed by atoms with Crippen molar-refractivity contribution in [2.45, 2.75) is 217 Å². The Labute approximate surface area is 398 Å². The van der Waals surface area contributed by atoms with E-state index in [4.69, 9.17) is 47.4 Å². The zero-order valence-corrected chi connectivity index (χ0v) is 46.8. The first kappa shape index (κ1) is 59.4. The van der Waals surface area contributed by atoms with E-state index in [0.29, 0.717) is 33.2 Å². The Hall–Kier alpha value is -1.76. The second-order valence-electron chi connectivity index (χ2n) is 19.6. The van der Waals surface area contributed by atoms with Gasteiger partial charge in [-0.05, 0) is 56.9 Å². The van der Waals surface area contributed by atoms with Gasteiger partial charge in [0.2, 0.25) is 0 Å². The van der Waals surface area contributed by atoms with Crippen LogP contribution in [0.15, 0.2) is 5.11 Å². The van der Waals surface area contributed by atoms with E-state index in [2.05, 4.69) is 148 Å². The van der Waals surface area contributed by atoms with E-state index >= 15 is 0 Å². The number of ether oxygens (including phenoxy) is 10. The lowest BCUT2D eigenvalue weighted by Gasteiger charge is -2.49. The van der Waals surface area contributed by atoms with Crippen molar-refractivity contribution in [2.75, 3.05) is 61.5 Å². The van der Waals surface area contributed by atoms with E-state index < -0.39 is 85.6 Å². The summed E-state index contributed by atoms with van der Waals surface area (Å²) in [4.78, 5) is 3.05. The molecule has 2 aliphatic rings. The van der Waals surface area contributed by atoms with Crippen LogP contribution in [0.4, 0.5) is 0 Å². The molecule has 0 aromatic heterocycles. The molecule has 0 unspecified atom stereocenters. The van der Waals surface area contributed by atoms with Crippen LogP contribution in [0.2, 0.25) is 51.4 Å². The van der Waals surface area contributed by atoms with E-state index in [0.717, 1.165) is 18.1 Å². The third-order valence-electron chi connectivity index (χ3n) is 14.7. The van der Waals surface area contributed by atoms with E-state index in [1.165, 1.54) is 7.11 Å². The minimum atomic E-state index is -1.97. The maximum absolute atomic E-state index is 9.53. The molecule has 2 rings (SSSR count). The maximum atomic E-state index is 9.53. The van der Waals surface area contributed by atoms with E-state index in [1.54, 1.807) is 21.3 Å². The van der Waals surface area contributed by atoms with Gasteiger partial charge in [-0.25, -0.2) is 0 Å². The summed E-state index contributed by atoms with van der Waals surface area (Å²) in [6.07, 6.45) is -7.94. The van der Waals surface area contributed by atoms with Crippen LogP contribution in [0, 0.1) is 34.4 Å². The molecule has 2 saturated heterocycles. The summed E-state index contributed by atoms with van der Waals surface area (Å²) >= 11 is 0. The van der Waals surface area contributed by atoms with Gasteiger partial charge in [0.15, 0.2) is 12.5 Å². The molecule has 2 fully saturated rings. The highest BCUT2D eigenvalue weighted by molar-refractivity contribution is 6.91. The van der Waals surface area contributed by atoms with Crippen LogP contribution in [0.5, 0.6) is 0 Å². The third kappa shape index (κ3) is 14.6. The second kappa shape index (κ2) is 28.7. The van der Waals surface area contributed by atoms with E-state index in [9.17, 15) is 5.53 Å². The highest BCUT2D eigenvalue weighted by Gasteiger charge is 2.53. The molecule has 0 aliphatic carbocycles. The normalized spacial score (nSPS) is 26.5. The van der Waals surface area contributed by atoms with Crippen LogP contribution in [0.3, 0.4) is 0 Å². The quantitative estimate of drug-likeness (QED) is 0.0229. The van der Waals surface area contributed by atoms with Gasteiger partial charge in [-0.1, -0.05) is 127 Å². The molecule has 0 aromatic carbocycles. The van der Waals surface area contributed by atoms with E-state index in [-0.39, 0.29) is 33.0 Å². The van der Waals surface area contributed by atoms with Crippen molar-refractivity contribution in [1.82, 2.24) is 0 Å². The van der Waals surface area contributed by atoms with Crippen LogP contribution in [-0.4, -0.2) is 147 Å². The fourth-order valence-corrected chi connectivity index (χ4v) is 23.9. The molecule has 0 radical (unpaired) electrons. The van der Waals surface area contributed by atoms with Gasteiger partial charge in [-0.2, -0.15) is 0 Å². The SMILES string of the molecule is CC[Si](C#CCO[C@H]1[C@H](OC)[C@@H](OC)[C@@H](O[C@H]2[C@H](OC)[C@@H](OC)[C@@H](N=[N+]=[N-])O[C@@H]2COCC#C[Si](C(C)C)(C(C)C)C(C)C)O[C@@H]1COCC#C[Si](C(C)C)(C(C)C)C(C)C)(CC)CC. The lowest BCUT2D eigenvalue weighted by molar-refractivity contribution is -0.352. The smallest absolute Gasteiger partial charge is 0.187 e. The molecule has 0 amide bonds. The topological polar surface area (TPSA) is 141 Å². The van der Waals surface area contributed by atoms with Crippen LogP contribution in [0.25, 0.3) is 10.4 Å². The molecule has 10 atom stereocenters. The molecule has 372 valence electrons. The molecule has 0 N–H and O–H groups in total. The van der Waals surface area contributed by atoms with E-state index in [1.807, 2.05) is 0 Å². The number of hydrogen-bond acceptors (Lipinski definition) is 11. The van der Waals surface area contributed by atoms with Gasteiger partial charge < -0.3 is 47.4 Å². The second-order valence-corrected chi connectivity index (χ2v) is 35.7. The molecule has 0 aromatic rings. The summed E-state index contributed by atoms with van der Waals surface area (Å²) in [5, 5.41) is 3.93. The minimum absolute atomic E-state index is 0.0619. The first-order valence-corrected chi connectivity index (χ1v) is 31.3. The molecule has 0 bridgehead atoms. The first-order valence-electron chi connectivity index (χ1n) is 24.2. The lowest BCUT2D eigenvalue weighted by atomic mass is 9.96. The molecular formula is C49H89N3O10Si3. The summed E-state index contributed by atoms with van der Waals surface area (Å²) in [5.41, 5.74) is 23.6. The van der Waals surface area contributed by atoms with Crippen LogP contribution in [-0.2, 0) is 47.4 Å². The standard InChI is InChI=1S/C49H89N3O10Si3/c1-20-63(21-2,22-3)29-25-28-59-42-40(32-57-26-23-30-64(34(4)5,35(6)7)36(8)9)61-49(47(56-19)44(42)53-16)62-43-41(60-48(51-52-50)46(55-18)45(43)54-17)33-58-27-24-31-65(37(10)11,38(12)13)39(14)15/h34-49H,20-22,26-28,32-33H2,1-19H3/t40-,41-,42-,43-,44+,45+,46-,47-,48+,49-/m1/s1. The maximum Gasteiger partial charge on any atom is 0.187 e. The predicted octanol–water partition coefficient (Wildman–Crippen LogP) is 10.1. The number of hydrogen-bond donors (Lipinski definition) is 0. The molecule has 2 heterocycles.